The number of carbonyl (C=O) groups excluding carboxylic acids is 1. The van der Waals surface area contributed by atoms with E-state index in [1.807, 2.05) is 48.5 Å². The number of hydrogen-bond donors (Lipinski definition) is 3. The number of amides is 1. The van der Waals surface area contributed by atoms with Crippen molar-refractivity contribution in [3.8, 4) is 11.1 Å². The van der Waals surface area contributed by atoms with Gasteiger partial charge in [0.25, 0.3) is 5.91 Å². The molecule has 4 rings (SSSR count). The van der Waals surface area contributed by atoms with E-state index in [0.29, 0.717) is 17.0 Å². The lowest BCUT2D eigenvalue weighted by molar-refractivity contribution is 0.0930. The van der Waals surface area contributed by atoms with Crippen molar-refractivity contribution < 1.29 is 9.90 Å². The molecule has 0 fully saturated rings. The van der Waals surface area contributed by atoms with E-state index in [4.69, 9.17) is 11.6 Å². The Morgan fingerprint density at radius 2 is 1.90 bits per heavy atom. The number of nitrogens with zero attached hydrogens (tertiary/aromatic N) is 1. The molecule has 3 N–H and O–H groups in total. The summed E-state index contributed by atoms with van der Waals surface area (Å²) in [5.74, 6) is -0.199. The molecule has 1 amide bonds. The lowest BCUT2D eigenvalue weighted by Gasteiger charge is -2.19. The molecule has 4 aromatic rings. The highest BCUT2D eigenvalue weighted by Gasteiger charge is 2.16. The Kier molecular flexibility index (Phi) is 5.60. The zero-order valence-electron chi connectivity index (χ0n) is 15.6. The van der Waals surface area contributed by atoms with Crippen LogP contribution < -0.4 is 5.32 Å². The van der Waals surface area contributed by atoms with Gasteiger partial charge in [0, 0.05) is 22.6 Å². The van der Waals surface area contributed by atoms with Crippen molar-refractivity contribution in [3.63, 3.8) is 0 Å². The van der Waals surface area contributed by atoms with Crippen LogP contribution in [0.15, 0.2) is 72.9 Å². The number of aliphatic hydroxyl groups is 1. The summed E-state index contributed by atoms with van der Waals surface area (Å²) in [6, 6.07) is 20.5. The van der Waals surface area contributed by atoms with Gasteiger partial charge in [-0.2, -0.15) is 5.10 Å². The number of hydrogen-bond acceptors (Lipinski definition) is 3. The molecule has 0 radical (unpaired) electrons. The lowest BCUT2D eigenvalue weighted by atomic mass is 10.0. The summed E-state index contributed by atoms with van der Waals surface area (Å²) >= 11 is 6.08. The number of rotatable bonds is 6. The third-order valence-electron chi connectivity index (χ3n) is 4.87. The molecule has 0 bridgehead atoms. The van der Waals surface area contributed by atoms with Crippen LogP contribution in [0, 0.1) is 0 Å². The molecule has 146 valence electrons. The fraction of sp³-hybridized carbons (Fsp3) is 0.130. The number of H-pyrrole nitrogens is 1. The van der Waals surface area contributed by atoms with Crippen LogP contribution in [0.3, 0.4) is 0 Å². The molecule has 5 nitrogen and oxygen atoms in total. The molecule has 0 aliphatic rings. The molecular formula is C23H20ClN3O2. The van der Waals surface area contributed by atoms with Crippen molar-refractivity contribution in [1.82, 2.24) is 15.5 Å². The van der Waals surface area contributed by atoms with E-state index < -0.39 is 0 Å². The van der Waals surface area contributed by atoms with Gasteiger partial charge in [0.1, 0.15) is 0 Å². The first kappa shape index (κ1) is 19.2. The van der Waals surface area contributed by atoms with Crippen LogP contribution in [0.25, 0.3) is 22.0 Å². The highest BCUT2D eigenvalue weighted by Crippen LogP contribution is 2.25. The van der Waals surface area contributed by atoms with E-state index in [9.17, 15) is 9.90 Å². The molecule has 29 heavy (non-hydrogen) atoms. The first-order chi connectivity index (χ1) is 14.1. The maximum atomic E-state index is 12.9. The number of aromatic nitrogens is 2. The summed E-state index contributed by atoms with van der Waals surface area (Å²) < 4.78 is 0. The quantitative estimate of drug-likeness (QED) is 0.433. The van der Waals surface area contributed by atoms with Crippen LogP contribution in [0.1, 0.15) is 28.4 Å². The molecule has 0 aliphatic carbocycles. The average molecular weight is 406 g/mol. The first-order valence-corrected chi connectivity index (χ1v) is 9.72. The monoisotopic (exact) mass is 405 g/mol. The van der Waals surface area contributed by atoms with Crippen LogP contribution in [0.5, 0.6) is 0 Å². The minimum absolute atomic E-state index is 0.0395. The predicted octanol–water partition coefficient (Wildman–Crippen LogP) is 4.74. The fourth-order valence-corrected chi connectivity index (χ4v) is 3.58. The van der Waals surface area contributed by atoms with Crippen LogP contribution >= 0.6 is 11.6 Å². The average Bonchev–Trinajstić information content (AvgIpc) is 3.21. The maximum absolute atomic E-state index is 12.9. The number of aliphatic hydroxyl groups excluding tert-OH is 1. The molecular weight excluding hydrogens is 386 g/mol. The maximum Gasteiger partial charge on any atom is 0.251 e. The highest BCUT2D eigenvalue weighted by molar-refractivity contribution is 6.30. The van der Waals surface area contributed by atoms with Crippen molar-refractivity contribution in [2.45, 2.75) is 12.5 Å². The molecule has 6 heteroatoms. The Morgan fingerprint density at radius 3 is 2.72 bits per heavy atom. The third kappa shape index (κ3) is 4.31. The molecule has 1 atom stereocenters. The van der Waals surface area contributed by atoms with Crippen molar-refractivity contribution in [1.29, 1.82) is 0 Å². The minimum atomic E-state index is -0.322. The molecule has 1 heterocycles. The Labute approximate surface area is 173 Å². The number of nitrogens with one attached hydrogen (secondary N) is 2. The number of benzene rings is 3. The van der Waals surface area contributed by atoms with E-state index in [0.717, 1.165) is 27.6 Å². The zero-order chi connectivity index (χ0) is 20.2. The van der Waals surface area contributed by atoms with Gasteiger partial charge in [-0.15, -0.1) is 0 Å². The summed E-state index contributed by atoms with van der Waals surface area (Å²) in [6.07, 6.45) is 2.18. The van der Waals surface area contributed by atoms with E-state index in [2.05, 4.69) is 15.5 Å². The summed E-state index contributed by atoms with van der Waals surface area (Å²) in [4.78, 5) is 12.9. The van der Waals surface area contributed by atoms with Gasteiger partial charge in [0.2, 0.25) is 0 Å². The van der Waals surface area contributed by atoms with Gasteiger partial charge < -0.3 is 10.4 Å². The molecule has 0 aliphatic heterocycles. The second-order valence-electron chi connectivity index (χ2n) is 6.85. The van der Waals surface area contributed by atoms with Gasteiger partial charge in [0.15, 0.2) is 0 Å². The minimum Gasteiger partial charge on any atom is -0.396 e. The number of fused-ring (bicyclic) bond motifs is 1. The second kappa shape index (κ2) is 8.47. The summed E-state index contributed by atoms with van der Waals surface area (Å²) in [5.41, 5.74) is 4.34. The van der Waals surface area contributed by atoms with Crippen LogP contribution in [0.2, 0.25) is 5.02 Å². The zero-order valence-corrected chi connectivity index (χ0v) is 16.4. The standard InChI is InChI=1S/C23H20ClN3O2/c24-20-6-2-4-17(13-20)21(9-10-28)26-23(29)18-5-1-3-15(11-18)16-7-8-22-19(12-16)14-25-27-22/h1-8,11-14,21,28H,9-10H2,(H,25,27)(H,26,29). The van der Waals surface area contributed by atoms with Crippen molar-refractivity contribution >= 4 is 28.4 Å². The van der Waals surface area contributed by atoms with Gasteiger partial charge in [0.05, 0.1) is 17.8 Å². The fourth-order valence-electron chi connectivity index (χ4n) is 3.38. The summed E-state index contributed by atoms with van der Waals surface area (Å²) in [5, 5.41) is 21.0. The molecule has 1 unspecified atom stereocenters. The SMILES string of the molecule is O=C(NC(CCO)c1cccc(Cl)c1)c1cccc(-c2ccc3[nH]ncc3c2)c1. The topological polar surface area (TPSA) is 78.0 Å². The third-order valence-corrected chi connectivity index (χ3v) is 5.11. The van der Waals surface area contributed by atoms with E-state index >= 15 is 0 Å². The van der Waals surface area contributed by atoms with E-state index in [1.54, 1.807) is 24.4 Å². The van der Waals surface area contributed by atoms with Gasteiger partial charge in [-0.1, -0.05) is 41.9 Å². The Hall–Kier alpha value is -3.15. The van der Waals surface area contributed by atoms with Gasteiger partial charge in [-0.05, 0) is 59.5 Å². The molecule has 0 spiro atoms. The van der Waals surface area contributed by atoms with Crippen molar-refractivity contribution in [2.24, 2.45) is 0 Å². The lowest BCUT2D eigenvalue weighted by Crippen LogP contribution is -2.29. The molecule has 0 saturated heterocycles. The van der Waals surface area contributed by atoms with Crippen LogP contribution in [-0.2, 0) is 0 Å². The van der Waals surface area contributed by atoms with Gasteiger partial charge in [-0.3, -0.25) is 9.89 Å². The van der Waals surface area contributed by atoms with E-state index in [-0.39, 0.29) is 18.6 Å². The van der Waals surface area contributed by atoms with Crippen molar-refractivity contribution in [2.75, 3.05) is 6.61 Å². The summed E-state index contributed by atoms with van der Waals surface area (Å²) in [6.45, 7) is -0.0395. The van der Waals surface area contributed by atoms with E-state index in [1.165, 1.54) is 0 Å². The Balaban J connectivity index is 1.58. The van der Waals surface area contributed by atoms with Crippen LogP contribution in [0.4, 0.5) is 0 Å². The Bertz CT molecular complexity index is 1160. The first-order valence-electron chi connectivity index (χ1n) is 9.35. The highest BCUT2D eigenvalue weighted by atomic mass is 35.5. The Morgan fingerprint density at radius 1 is 1.07 bits per heavy atom. The van der Waals surface area contributed by atoms with Crippen molar-refractivity contribution in [3.05, 3.63) is 89.1 Å². The molecule has 0 saturated carbocycles. The van der Waals surface area contributed by atoms with Gasteiger partial charge in [-0.25, -0.2) is 0 Å². The number of aromatic amines is 1. The molecule has 3 aromatic carbocycles. The normalized spacial score (nSPS) is 12.1. The van der Waals surface area contributed by atoms with Crippen LogP contribution in [-0.4, -0.2) is 27.8 Å². The smallest absolute Gasteiger partial charge is 0.251 e. The second-order valence-corrected chi connectivity index (χ2v) is 7.28. The molecule has 1 aromatic heterocycles. The number of halogens is 1. The predicted molar refractivity (Wildman–Crippen MR) is 115 cm³/mol. The van der Waals surface area contributed by atoms with Gasteiger partial charge >= 0.3 is 0 Å². The number of carbonyl (C=O) groups is 1. The largest absolute Gasteiger partial charge is 0.396 e. The summed E-state index contributed by atoms with van der Waals surface area (Å²) in [7, 11) is 0.